The quantitative estimate of drug-likeness (QED) is 0.790. The van der Waals surface area contributed by atoms with Crippen molar-refractivity contribution in [1.82, 2.24) is 14.8 Å². The molecule has 110 valence electrons. The number of hydrogen-bond donors (Lipinski definition) is 0. The molecule has 0 radical (unpaired) electrons. The molecule has 0 aromatic carbocycles. The van der Waals surface area contributed by atoms with E-state index in [1.807, 2.05) is 5.38 Å². The highest BCUT2D eigenvalue weighted by atomic mass is 32.2. The molecule has 0 bridgehead atoms. The second kappa shape index (κ2) is 6.58. The molecule has 2 amide bonds. The van der Waals surface area contributed by atoms with Crippen LogP contribution in [0.3, 0.4) is 0 Å². The molecular weight excluding hydrogens is 294 g/mol. The third-order valence-corrected chi connectivity index (χ3v) is 5.28. The van der Waals surface area contributed by atoms with Gasteiger partial charge in [0.15, 0.2) is 0 Å². The molecule has 1 saturated heterocycles. The van der Waals surface area contributed by atoms with Crippen molar-refractivity contribution < 1.29 is 9.59 Å². The van der Waals surface area contributed by atoms with Crippen LogP contribution < -0.4 is 0 Å². The lowest BCUT2D eigenvalue weighted by Gasteiger charge is -2.37. The zero-order chi connectivity index (χ0) is 14.7. The number of thioether (sulfide) groups is 1. The standard InChI is InChI=1S/C13H19N3O2S2/c1-4-19-13-14-10(8-20-13)7-11(17)16-6-5-15(3)12(18)9(16)2/h8-9H,4-7H2,1-3H3/t9-/m0/s1. The van der Waals surface area contributed by atoms with E-state index in [1.165, 1.54) is 0 Å². The Morgan fingerprint density at radius 2 is 2.30 bits per heavy atom. The normalized spacial score (nSPS) is 19.6. The fourth-order valence-corrected chi connectivity index (χ4v) is 3.91. The van der Waals surface area contributed by atoms with Gasteiger partial charge in [0.25, 0.3) is 0 Å². The Kier molecular flexibility index (Phi) is 5.04. The molecule has 0 spiro atoms. The van der Waals surface area contributed by atoms with Gasteiger partial charge in [-0.1, -0.05) is 18.7 Å². The monoisotopic (exact) mass is 313 g/mol. The fraction of sp³-hybridized carbons (Fsp3) is 0.615. The number of thiazole rings is 1. The highest BCUT2D eigenvalue weighted by molar-refractivity contribution is 8.00. The van der Waals surface area contributed by atoms with Crippen LogP contribution in [0.4, 0.5) is 0 Å². The van der Waals surface area contributed by atoms with Crippen LogP contribution in [0.2, 0.25) is 0 Å². The smallest absolute Gasteiger partial charge is 0.244 e. The van der Waals surface area contributed by atoms with E-state index in [0.29, 0.717) is 13.1 Å². The van der Waals surface area contributed by atoms with E-state index >= 15 is 0 Å². The largest absolute Gasteiger partial charge is 0.342 e. The predicted octanol–water partition coefficient (Wildman–Crippen LogP) is 1.49. The maximum atomic E-state index is 12.3. The number of rotatable bonds is 4. The number of amides is 2. The van der Waals surface area contributed by atoms with Crippen LogP contribution in [0.25, 0.3) is 0 Å². The Hall–Kier alpha value is -1.08. The molecule has 1 aliphatic rings. The van der Waals surface area contributed by atoms with Crippen molar-refractivity contribution in [2.75, 3.05) is 25.9 Å². The Morgan fingerprint density at radius 1 is 1.55 bits per heavy atom. The van der Waals surface area contributed by atoms with Crippen molar-refractivity contribution in [3.63, 3.8) is 0 Å². The average Bonchev–Trinajstić information content (AvgIpc) is 2.84. The van der Waals surface area contributed by atoms with Gasteiger partial charge in [-0.25, -0.2) is 4.98 Å². The van der Waals surface area contributed by atoms with E-state index in [0.717, 1.165) is 15.8 Å². The van der Waals surface area contributed by atoms with Gasteiger partial charge in [-0.05, 0) is 12.7 Å². The summed E-state index contributed by atoms with van der Waals surface area (Å²) in [6, 6.07) is -0.371. The lowest BCUT2D eigenvalue weighted by atomic mass is 10.1. The van der Waals surface area contributed by atoms with Crippen LogP contribution in [0.15, 0.2) is 9.72 Å². The van der Waals surface area contributed by atoms with Gasteiger partial charge >= 0.3 is 0 Å². The molecule has 0 unspecified atom stereocenters. The molecule has 0 N–H and O–H groups in total. The summed E-state index contributed by atoms with van der Waals surface area (Å²) < 4.78 is 0.998. The average molecular weight is 313 g/mol. The molecule has 1 aliphatic heterocycles. The SMILES string of the molecule is CCSc1nc(CC(=O)N2CCN(C)C(=O)[C@@H]2C)cs1. The lowest BCUT2D eigenvalue weighted by Crippen LogP contribution is -2.56. The number of carbonyl (C=O) groups excluding carboxylic acids is 2. The topological polar surface area (TPSA) is 53.5 Å². The number of nitrogens with zero attached hydrogens (tertiary/aromatic N) is 3. The summed E-state index contributed by atoms with van der Waals surface area (Å²) in [4.78, 5) is 32.0. The number of aromatic nitrogens is 1. The Morgan fingerprint density at radius 3 is 3.00 bits per heavy atom. The Bertz CT molecular complexity index is 504. The minimum Gasteiger partial charge on any atom is -0.342 e. The van der Waals surface area contributed by atoms with E-state index in [4.69, 9.17) is 0 Å². The fourth-order valence-electron chi connectivity index (χ4n) is 2.17. The lowest BCUT2D eigenvalue weighted by molar-refractivity contribution is -0.149. The van der Waals surface area contributed by atoms with E-state index < -0.39 is 0 Å². The van der Waals surface area contributed by atoms with Crippen molar-refractivity contribution in [2.24, 2.45) is 0 Å². The number of piperazine rings is 1. The third-order valence-electron chi connectivity index (χ3n) is 3.33. The number of hydrogen-bond acceptors (Lipinski definition) is 5. The zero-order valence-corrected chi connectivity index (χ0v) is 13.6. The van der Waals surface area contributed by atoms with E-state index in [1.54, 1.807) is 46.9 Å². The van der Waals surface area contributed by atoms with E-state index in [9.17, 15) is 9.59 Å². The number of likely N-dealkylation sites (N-methyl/N-ethyl adjacent to an activating group) is 1. The highest BCUT2D eigenvalue weighted by Crippen LogP contribution is 2.23. The summed E-state index contributed by atoms with van der Waals surface area (Å²) in [5.41, 5.74) is 0.800. The van der Waals surface area contributed by atoms with Gasteiger partial charge in [-0.3, -0.25) is 9.59 Å². The van der Waals surface area contributed by atoms with Gasteiger partial charge in [0.05, 0.1) is 12.1 Å². The summed E-state index contributed by atoms with van der Waals surface area (Å²) in [5, 5.41) is 1.93. The van der Waals surface area contributed by atoms with Gasteiger partial charge in [0.1, 0.15) is 10.4 Å². The van der Waals surface area contributed by atoms with Gasteiger partial charge < -0.3 is 9.80 Å². The van der Waals surface area contributed by atoms with Crippen LogP contribution in [0, 0.1) is 0 Å². The molecule has 1 aromatic rings. The van der Waals surface area contributed by atoms with E-state index in [-0.39, 0.29) is 24.3 Å². The van der Waals surface area contributed by atoms with Crippen LogP contribution in [0.5, 0.6) is 0 Å². The second-order valence-corrected chi connectivity index (χ2v) is 7.11. The third kappa shape index (κ3) is 3.32. The van der Waals surface area contributed by atoms with Crippen molar-refractivity contribution in [1.29, 1.82) is 0 Å². The molecular formula is C13H19N3O2S2. The molecule has 2 rings (SSSR count). The van der Waals surface area contributed by atoms with Crippen molar-refractivity contribution in [2.45, 2.75) is 30.6 Å². The van der Waals surface area contributed by atoms with Crippen LogP contribution >= 0.6 is 23.1 Å². The number of carbonyl (C=O) groups is 2. The first-order valence-electron chi connectivity index (χ1n) is 6.64. The summed E-state index contributed by atoms with van der Waals surface area (Å²) in [6.45, 7) is 5.07. The summed E-state index contributed by atoms with van der Waals surface area (Å²) in [5.74, 6) is 0.965. The first-order valence-corrected chi connectivity index (χ1v) is 8.51. The van der Waals surface area contributed by atoms with Gasteiger partial charge in [0.2, 0.25) is 11.8 Å². The minimum atomic E-state index is -0.371. The van der Waals surface area contributed by atoms with Gasteiger partial charge in [-0.2, -0.15) is 0 Å². The van der Waals surface area contributed by atoms with Crippen LogP contribution in [-0.2, 0) is 16.0 Å². The summed E-state index contributed by atoms with van der Waals surface area (Å²) >= 11 is 3.25. The predicted molar refractivity (Wildman–Crippen MR) is 81.0 cm³/mol. The Labute approximate surface area is 127 Å². The minimum absolute atomic E-state index is 0.00473. The van der Waals surface area contributed by atoms with Crippen LogP contribution in [0.1, 0.15) is 19.5 Å². The maximum Gasteiger partial charge on any atom is 0.244 e. The first kappa shape index (κ1) is 15.3. The molecule has 0 aliphatic carbocycles. The zero-order valence-electron chi connectivity index (χ0n) is 12.0. The van der Waals surface area contributed by atoms with Crippen LogP contribution in [-0.4, -0.2) is 58.5 Å². The van der Waals surface area contributed by atoms with Crippen molar-refractivity contribution >= 4 is 34.9 Å². The van der Waals surface area contributed by atoms with Gasteiger partial charge in [0, 0.05) is 25.5 Å². The molecule has 5 nitrogen and oxygen atoms in total. The highest BCUT2D eigenvalue weighted by Gasteiger charge is 2.32. The van der Waals surface area contributed by atoms with Crippen molar-refractivity contribution in [3.8, 4) is 0 Å². The first-order chi connectivity index (χ1) is 9.52. The summed E-state index contributed by atoms with van der Waals surface area (Å²) in [6.07, 6.45) is 0.280. The maximum absolute atomic E-state index is 12.3. The summed E-state index contributed by atoms with van der Waals surface area (Å²) in [7, 11) is 1.77. The molecule has 1 atom stereocenters. The molecule has 1 aromatic heterocycles. The molecule has 0 saturated carbocycles. The van der Waals surface area contributed by atoms with E-state index in [2.05, 4.69) is 11.9 Å². The molecule has 7 heteroatoms. The molecule has 20 heavy (non-hydrogen) atoms. The van der Waals surface area contributed by atoms with Gasteiger partial charge in [-0.15, -0.1) is 11.3 Å². The van der Waals surface area contributed by atoms with Crippen molar-refractivity contribution in [3.05, 3.63) is 11.1 Å². The molecule has 1 fully saturated rings. The Balaban J connectivity index is 1.98. The second-order valence-electron chi connectivity index (χ2n) is 4.74. The molecule has 2 heterocycles.